The molecule has 1 atom stereocenters. The molecule has 0 saturated heterocycles. The van der Waals surface area contributed by atoms with Crippen LogP contribution in [-0.4, -0.2) is 46.5 Å². The second kappa shape index (κ2) is 6.71. The molecule has 0 amide bonds. The zero-order chi connectivity index (χ0) is 17.2. The number of rotatable bonds is 6. The minimum Gasteiger partial charge on any atom is -0.491 e. The van der Waals surface area contributed by atoms with E-state index in [2.05, 4.69) is 0 Å². The summed E-state index contributed by atoms with van der Waals surface area (Å²) >= 11 is 0. The van der Waals surface area contributed by atoms with Crippen molar-refractivity contribution in [2.45, 2.75) is 25.4 Å². The molecule has 128 valence electrons. The Hall–Kier alpha value is -2.24. The number of aliphatic hydroxyl groups is 2. The Bertz CT molecular complexity index is 758. The standard InChI is InChI=1S/C19H23NO4/c1-14-9-15-10-17(6-7-18(15)24-14)23-11-16-5-3-4-8-20(16)19(2,12-21)13-22/h3-10,16,21-22H,11-13H2,1-2H3. The number of aryl methyl sites for hydroxylation is 1. The molecule has 0 fully saturated rings. The Balaban J connectivity index is 1.73. The van der Waals surface area contributed by atoms with Crippen LogP contribution in [0, 0.1) is 6.92 Å². The van der Waals surface area contributed by atoms with Gasteiger partial charge in [0.2, 0.25) is 0 Å². The fourth-order valence-electron chi connectivity index (χ4n) is 2.89. The van der Waals surface area contributed by atoms with Crippen molar-refractivity contribution in [3.8, 4) is 5.75 Å². The van der Waals surface area contributed by atoms with E-state index in [1.807, 2.05) is 67.4 Å². The van der Waals surface area contributed by atoms with Gasteiger partial charge < -0.3 is 24.3 Å². The second-order valence-electron chi connectivity index (χ2n) is 6.38. The Morgan fingerprint density at radius 1 is 1.21 bits per heavy atom. The van der Waals surface area contributed by atoms with Crippen LogP contribution in [0.25, 0.3) is 11.0 Å². The van der Waals surface area contributed by atoms with Gasteiger partial charge in [-0.1, -0.05) is 12.2 Å². The van der Waals surface area contributed by atoms with Gasteiger partial charge in [0.1, 0.15) is 23.7 Å². The summed E-state index contributed by atoms with van der Waals surface area (Å²) in [7, 11) is 0. The fourth-order valence-corrected chi connectivity index (χ4v) is 2.89. The minimum atomic E-state index is -0.735. The first-order chi connectivity index (χ1) is 11.6. The molecule has 3 rings (SSSR count). The molecule has 5 nitrogen and oxygen atoms in total. The number of hydrogen-bond acceptors (Lipinski definition) is 5. The zero-order valence-corrected chi connectivity index (χ0v) is 14.0. The maximum Gasteiger partial charge on any atom is 0.134 e. The number of benzene rings is 1. The third kappa shape index (κ3) is 3.18. The molecule has 1 aromatic carbocycles. The summed E-state index contributed by atoms with van der Waals surface area (Å²) in [5.41, 5.74) is 0.107. The predicted molar refractivity (Wildman–Crippen MR) is 92.9 cm³/mol. The van der Waals surface area contributed by atoms with Gasteiger partial charge in [0.15, 0.2) is 0 Å². The van der Waals surface area contributed by atoms with Crippen LogP contribution in [0.15, 0.2) is 53.1 Å². The van der Waals surface area contributed by atoms with Crippen LogP contribution in [0.2, 0.25) is 0 Å². The lowest BCUT2D eigenvalue weighted by molar-refractivity contribution is 0.00491. The Kier molecular flexibility index (Phi) is 4.64. The van der Waals surface area contributed by atoms with Crippen molar-refractivity contribution in [2.75, 3.05) is 19.8 Å². The van der Waals surface area contributed by atoms with Crippen molar-refractivity contribution in [1.29, 1.82) is 0 Å². The van der Waals surface area contributed by atoms with E-state index in [1.54, 1.807) is 0 Å². The third-order valence-electron chi connectivity index (χ3n) is 4.38. The second-order valence-corrected chi connectivity index (χ2v) is 6.38. The molecule has 0 aliphatic carbocycles. The molecule has 0 radical (unpaired) electrons. The minimum absolute atomic E-state index is 0.0684. The van der Waals surface area contributed by atoms with E-state index >= 15 is 0 Å². The van der Waals surface area contributed by atoms with Gasteiger partial charge in [-0.05, 0) is 44.2 Å². The highest BCUT2D eigenvalue weighted by Gasteiger charge is 2.33. The first-order valence-electron chi connectivity index (χ1n) is 8.04. The van der Waals surface area contributed by atoms with Gasteiger partial charge in [0.05, 0.1) is 24.8 Å². The van der Waals surface area contributed by atoms with Crippen molar-refractivity contribution in [2.24, 2.45) is 0 Å². The summed E-state index contributed by atoms with van der Waals surface area (Å²) < 4.78 is 11.5. The van der Waals surface area contributed by atoms with Crippen molar-refractivity contribution in [3.05, 3.63) is 54.5 Å². The Morgan fingerprint density at radius 3 is 2.75 bits per heavy atom. The molecule has 24 heavy (non-hydrogen) atoms. The van der Waals surface area contributed by atoms with Gasteiger partial charge >= 0.3 is 0 Å². The summed E-state index contributed by atoms with van der Waals surface area (Å²) in [6, 6.07) is 7.65. The topological polar surface area (TPSA) is 66.1 Å². The molecule has 2 heterocycles. The monoisotopic (exact) mass is 329 g/mol. The first kappa shape index (κ1) is 16.6. The maximum atomic E-state index is 9.65. The molecule has 1 aliphatic rings. The number of allylic oxidation sites excluding steroid dienone is 2. The molecule has 2 aromatic rings. The molecule has 1 aliphatic heterocycles. The van der Waals surface area contributed by atoms with Crippen LogP contribution < -0.4 is 4.74 Å². The largest absolute Gasteiger partial charge is 0.491 e. The van der Waals surface area contributed by atoms with E-state index in [9.17, 15) is 10.2 Å². The smallest absolute Gasteiger partial charge is 0.134 e. The molecular formula is C19H23NO4. The highest BCUT2D eigenvalue weighted by molar-refractivity contribution is 5.79. The van der Waals surface area contributed by atoms with E-state index in [4.69, 9.17) is 9.15 Å². The molecule has 0 spiro atoms. The number of fused-ring (bicyclic) bond motifs is 1. The maximum absolute atomic E-state index is 9.65. The van der Waals surface area contributed by atoms with Gasteiger partial charge in [-0.3, -0.25) is 0 Å². The molecule has 1 aromatic heterocycles. The van der Waals surface area contributed by atoms with E-state index in [-0.39, 0.29) is 19.3 Å². The fraction of sp³-hybridized carbons (Fsp3) is 0.368. The van der Waals surface area contributed by atoms with Gasteiger partial charge in [-0.25, -0.2) is 0 Å². The Morgan fingerprint density at radius 2 is 2.00 bits per heavy atom. The SMILES string of the molecule is Cc1cc2cc(OCC3C=CC=CN3C(C)(CO)CO)ccc2o1. The number of furan rings is 1. The van der Waals surface area contributed by atoms with Crippen LogP contribution in [0.1, 0.15) is 12.7 Å². The molecular weight excluding hydrogens is 306 g/mol. The first-order valence-corrected chi connectivity index (χ1v) is 8.04. The van der Waals surface area contributed by atoms with Crippen LogP contribution in [-0.2, 0) is 0 Å². The third-order valence-corrected chi connectivity index (χ3v) is 4.38. The number of hydrogen-bond donors (Lipinski definition) is 2. The van der Waals surface area contributed by atoms with E-state index in [0.717, 1.165) is 22.5 Å². The van der Waals surface area contributed by atoms with Crippen molar-refractivity contribution < 1.29 is 19.4 Å². The lowest BCUT2D eigenvalue weighted by atomic mass is 9.98. The summed E-state index contributed by atoms with van der Waals surface area (Å²) in [5.74, 6) is 1.64. The summed E-state index contributed by atoms with van der Waals surface area (Å²) in [6.07, 6.45) is 7.72. The average molecular weight is 329 g/mol. The highest BCUT2D eigenvalue weighted by atomic mass is 16.5. The van der Waals surface area contributed by atoms with Gasteiger partial charge in [-0.2, -0.15) is 0 Å². The molecule has 2 N–H and O–H groups in total. The van der Waals surface area contributed by atoms with Gasteiger partial charge in [0.25, 0.3) is 0 Å². The molecule has 0 saturated carbocycles. The summed E-state index contributed by atoms with van der Waals surface area (Å²) in [6.45, 7) is 3.88. The quantitative estimate of drug-likeness (QED) is 0.853. The lowest BCUT2D eigenvalue weighted by Gasteiger charge is -2.43. The lowest BCUT2D eigenvalue weighted by Crippen LogP contribution is -2.55. The van der Waals surface area contributed by atoms with Crippen molar-refractivity contribution in [1.82, 2.24) is 4.90 Å². The van der Waals surface area contributed by atoms with Crippen LogP contribution in [0.4, 0.5) is 0 Å². The molecule has 1 unspecified atom stereocenters. The number of ether oxygens (including phenoxy) is 1. The average Bonchev–Trinajstić information content (AvgIpc) is 2.98. The van der Waals surface area contributed by atoms with Gasteiger partial charge in [0, 0.05) is 11.6 Å². The van der Waals surface area contributed by atoms with Crippen LogP contribution in [0.5, 0.6) is 5.75 Å². The van der Waals surface area contributed by atoms with E-state index < -0.39 is 5.54 Å². The normalized spacial score (nSPS) is 17.7. The summed E-state index contributed by atoms with van der Waals surface area (Å²) in [5, 5.41) is 20.3. The molecule has 0 bridgehead atoms. The predicted octanol–water partition coefficient (Wildman–Crippen LogP) is 2.62. The number of nitrogens with zero attached hydrogens (tertiary/aromatic N) is 1. The zero-order valence-electron chi connectivity index (χ0n) is 14.0. The van der Waals surface area contributed by atoms with Crippen molar-refractivity contribution >= 4 is 11.0 Å². The van der Waals surface area contributed by atoms with Crippen LogP contribution >= 0.6 is 0 Å². The molecule has 5 heteroatoms. The van der Waals surface area contributed by atoms with Gasteiger partial charge in [-0.15, -0.1) is 0 Å². The van der Waals surface area contributed by atoms with E-state index in [1.165, 1.54) is 0 Å². The van der Waals surface area contributed by atoms with E-state index in [0.29, 0.717) is 6.61 Å². The number of aliphatic hydroxyl groups excluding tert-OH is 2. The highest BCUT2D eigenvalue weighted by Crippen LogP contribution is 2.26. The van der Waals surface area contributed by atoms with Crippen LogP contribution in [0.3, 0.4) is 0 Å². The van der Waals surface area contributed by atoms with Crippen molar-refractivity contribution in [3.63, 3.8) is 0 Å². The Labute approximate surface area is 141 Å². The summed E-state index contributed by atoms with van der Waals surface area (Å²) in [4.78, 5) is 1.94.